The maximum absolute atomic E-state index is 12.2. The summed E-state index contributed by atoms with van der Waals surface area (Å²) in [4.78, 5) is 12.2. The maximum atomic E-state index is 12.2. The molecule has 0 aliphatic heterocycles. The standard InChI is InChI=1S/C21H36O/c1-4-7-9-11-13-15-17-19-21(22)20(6-3)18-16-14-12-10-8-5-2/h5,8,10,12,14,20H,2,4,6-7,9,11,13,15-19H2,1,3H3. The lowest BCUT2D eigenvalue weighted by Crippen LogP contribution is -2.13. The third-order valence-corrected chi connectivity index (χ3v) is 4.15. The molecule has 0 aromatic heterocycles. The molecule has 0 amide bonds. The zero-order valence-electron chi connectivity index (χ0n) is 14.9. The Kier molecular flexibility index (Phi) is 15.4. The first-order valence-electron chi connectivity index (χ1n) is 9.23. The molecule has 0 bridgehead atoms. The Morgan fingerprint density at radius 1 is 0.955 bits per heavy atom. The van der Waals surface area contributed by atoms with Crippen molar-refractivity contribution in [2.75, 3.05) is 0 Å². The van der Waals surface area contributed by atoms with E-state index >= 15 is 0 Å². The quantitative estimate of drug-likeness (QED) is 0.240. The van der Waals surface area contributed by atoms with Crippen molar-refractivity contribution >= 4 is 5.78 Å². The molecule has 0 fully saturated rings. The van der Waals surface area contributed by atoms with E-state index in [-0.39, 0.29) is 5.92 Å². The van der Waals surface area contributed by atoms with Crippen molar-refractivity contribution in [1.82, 2.24) is 0 Å². The number of hydrogen-bond acceptors (Lipinski definition) is 1. The summed E-state index contributed by atoms with van der Waals surface area (Å²) in [5, 5.41) is 0. The van der Waals surface area contributed by atoms with Crippen molar-refractivity contribution in [2.24, 2.45) is 5.92 Å². The number of hydrogen-bond donors (Lipinski definition) is 0. The van der Waals surface area contributed by atoms with Crippen LogP contribution in [0.2, 0.25) is 0 Å². The Bertz CT molecular complexity index is 325. The molecule has 1 heteroatoms. The van der Waals surface area contributed by atoms with Gasteiger partial charge in [-0.1, -0.05) is 89.3 Å². The van der Waals surface area contributed by atoms with Crippen molar-refractivity contribution in [2.45, 2.75) is 84.5 Å². The number of carbonyl (C=O) groups is 1. The van der Waals surface area contributed by atoms with Gasteiger partial charge in [0.2, 0.25) is 0 Å². The maximum Gasteiger partial charge on any atom is 0.135 e. The van der Waals surface area contributed by atoms with Crippen LogP contribution >= 0.6 is 0 Å². The van der Waals surface area contributed by atoms with Crippen LogP contribution in [0.3, 0.4) is 0 Å². The van der Waals surface area contributed by atoms with E-state index in [1.165, 1.54) is 38.5 Å². The highest BCUT2D eigenvalue weighted by Gasteiger charge is 2.14. The molecule has 0 aliphatic carbocycles. The predicted octanol–water partition coefficient (Wildman–Crippen LogP) is 6.80. The molecule has 0 aliphatic rings. The van der Waals surface area contributed by atoms with Crippen LogP contribution in [0.15, 0.2) is 37.0 Å². The Hall–Kier alpha value is -1.11. The second kappa shape index (κ2) is 16.3. The van der Waals surface area contributed by atoms with Gasteiger partial charge in [-0.3, -0.25) is 4.79 Å². The molecule has 0 spiro atoms. The van der Waals surface area contributed by atoms with E-state index < -0.39 is 0 Å². The topological polar surface area (TPSA) is 17.1 Å². The smallest absolute Gasteiger partial charge is 0.135 e. The van der Waals surface area contributed by atoms with Crippen molar-refractivity contribution in [3.63, 3.8) is 0 Å². The summed E-state index contributed by atoms with van der Waals surface area (Å²) in [6.07, 6.45) is 22.5. The fourth-order valence-corrected chi connectivity index (χ4v) is 2.67. The van der Waals surface area contributed by atoms with Crippen molar-refractivity contribution in [1.29, 1.82) is 0 Å². The first kappa shape index (κ1) is 20.9. The van der Waals surface area contributed by atoms with Crippen LogP contribution in [-0.4, -0.2) is 5.78 Å². The van der Waals surface area contributed by atoms with Crippen LogP contribution in [0.5, 0.6) is 0 Å². The monoisotopic (exact) mass is 304 g/mol. The fourth-order valence-electron chi connectivity index (χ4n) is 2.67. The molecule has 1 nitrogen and oxygen atoms in total. The SMILES string of the molecule is C=CC=CC=CCCC(CC)C(=O)CCCCCCCCC. The number of rotatable bonds is 15. The lowest BCUT2D eigenvalue weighted by molar-refractivity contribution is -0.123. The number of carbonyl (C=O) groups excluding carboxylic acids is 1. The van der Waals surface area contributed by atoms with Crippen LogP contribution in [0.4, 0.5) is 0 Å². The molecular weight excluding hydrogens is 268 g/mol. The van der Waals surface area contributed by atoms with E-state index in [1.807, 2.05) is 18.2 Å². The molecular formula is C21H36O. The number of ketones is 1. The Balaban J connectivity index is 3.74. The van der Waals surface area contributed by atoms with Gasteiger partial charge in [0.05, 0.1) is 0 Å². The van der Waals surface area contributed by atoms with Gasteiger partial charge in [0.25, 0.3) is 0 Å². The van der Waals surface area contributed by atoms with Gasteiger partial charge in [-0.25, -0.2) is 0 Å². The van der Waals surface area contributed by atoms with Gasteiger partial charge in [-0.05, 0) is 25.7 Å². The lowest BCUT2D eigenvalue weighted by atomic mass is 9.92. The minimum absolute atomic E-state index is 0.258. The van der Waals surface area contributed by atoms with Crippen molar-refractivity contribution in [3.05, 3.63) is 37.0 Å². The summed E-state index contributed by atoms with van der Waals surface area (Å²) in [6, 6.07) is 0. The highest BCUT2D eigenvalue weighted by atomic mass is 16.1. The molecule has 0 aromatic rings. The zero-order chi connectivity index (χ0) is 16.5. The second-order valence-electron chi connectivity index (χ2n) is 6.07. The van der Waals surface area contributed by atoms with Gasteiger partial charge < -0.3 is 0 Å². The van der Waals surface area contributed by atoms with E-state index in [0.717, 1.165) is 32.1 Å². The Labute approximate surface area is 138 Å². The van der Waals surface area contributed by atoms with Crippen LogP contribution in [0.1, 0.15) is 84.5 Å². The van der Waals surface area contributed by atoms with Crippen molar-refractivity contribution in [3.8, 4) is 0 Å². The van der Waals surface area contributed by atoms with Crippen LogP contribution in [0, 0.1) is 5.92 Å². The third kappa shape index (κ3) is 12.6. The average molecular weight is 305 g/mol. The molecule has 126 valence electrons. The van der Waals surface area contributed by atoms with E-state index in [0.29, 0.717) is 5.78 Å². The van der Waals surface area contributed by atoms with Gasteiger partial charge in [-0.2, -0.15) is 0 Å². The molecule has 0 radical (unpaired) electrons. The van der Waals surface area contributed by atoms with E-state index in [4.69, 9.17) is 0 Å². The van der Waals surface area contributed by atoms with Crippen LogP contribution in [-0.2, 0) is 4.79 Å². The number of allylic oxidation sites excluding steroid dienone is 5. The molecule has 22 heavy (non-hydrogen) atoms. The summed E-state index contributed by atoms with van der Waals surface area (Å²) in [5.74, 6) is 0.735. The van der Waals surface area contributed by atoms with Gasteiger partial charge in [-0.15, -0.1) is 0 Å². The zero-order valence-corrected chi connectivity index (χ0v) is 14.9. The van der Waals surface area contributed by atoms with Crippen molar-refractivity contribution < 1.29 is 4.79 Å². The Morgan fingerprint density at radius 3 is 2.27 bits per heavy atom. The summed E-state index contributed by atoms with van der Waals surface area (Å²) >= 11 is 0. The van der Waals surface area contributed by atoms with Crippen LogP contribution < -0.4 is 0 Å². The molecule has 0 N–H and O–H groups in total. The molecule has 0 saturated heterocycles. The molecule has 0 rings (SSSR count). The minimum atomic E-state index is 0.258. The summed E-state index contributed by atoms with van der Waals surface area (Å²) in [6.45, 7) is 8.01. The highest BCUT2D eigenvalue weighted by Crippen LogP contribution is 2.17. The summed E-state index contributed by atoms with van der Waals surface area (Å²) in [5.41, 5.74) is 0. The summed E-state index contributed by atoms with van der Waals surface area (Å²) < 4.78 is 0. The van der Waals surface area contributed by atoms with Gasteiger partial charge in [0.1, 0.15) is 5.78 Å². The molecule has 1 unspecified atom stereocenters. The first-order chi connectivity index (χ1) is 10.8. The molecule has 0 heterocycles. The lowest BCUT2D eigenvalue weighted by Gasteiger charge is -2.12. The largest absolute Gasteiger partial charge is 0.299 e. The van der Waals surface area contributed by atoms with Gasteiger partial charge in [0.15, 0.2) is 0 Å². The first-order valence-corrected chi connectivity index (χ1v) is 9.23. The minimum Gasteiger partial charge on any atom is -0.299 e. The molecule has 1 atom stereocenters. The normalized spacial score (nSPS) is 13.0. The van der Waals surface area contributed by atoms with Crippen LogP contribution in [0.25, 0.3) is 0 Å². The second-order valence-corrected chi connectivity index (χ2v) is 6.07. The summed E-state index contributed by atoms with van der Waals surface area (Å²) in [7, 11) is 0. The molecule has 0 saturated carbocycles. The number of unbranched alkanes of at least 4 members (excludes halogenated alkanes) is 6. The molecule has 0 aromatic carbocycles. The highest BCUT2D eigenvalue weighted by molar-refractivity contribution is 5.80. The van der Waals surface area contributed by atoms with Gasteiger partial charge >= 0.3 is 0 Å². The Morgan fingerprint density at radius 2 is 1.64 bits per heavy atom. The van der Waals surface area contributed by atoms with E-state index in [2.05, 4.69) is 26.5 Å². The third-order valence-electron chi connectivity index (χ3n) is 4.15. The van der Waals surface area contributed by atoms with E-state index in [1.54, 1.807) is 6.08 Å². The van der Waals surface area contributed by atoms with Gasteiger partial charge in [0, 0.05) is 12.3 Å². The average Bonchev–Trinajstić information content (AvgIpc) is 2.53. The predicted molar refractivity (Wildman–Crippen MR) is 99.1 cm³/mol. The van der Waals surface area contributed by atoms with E-state index in [9.17, 15) is 4.79 Å². The number of Topliss-reactive ketones (excluding diaryl/α,β-unsaturated/α-hetero) is 1. The fraction of sp³-hybridized carbons (Fsp3) is 0.667.